The van der Waals surface area contributed by atoms with Crippen molar-refractivity contribution in [2.45, 2.75) is 6.92 Å². The molecule has 0 bridgehead atoms. The van der Waals surface area contributed by atoms with E-state index < -0.39 is 5.97 Å². The number of nitriles is 1. The number of benzene rings is 2. The molecule has 0 unspecified atom stereocenters. The highest BCUT2D eigenvalue weighted by molar-refractivity contribution is 5.89. The molecule has 0 radical (unpaired) electrons. The van der Waals surface area contributed by atoms with Crippen molar-refractivity contribution in [1.29, 1.82) is 5.26 Å². The van der Waals surface area contributed by atoms with Crippen LogP contribution in [-0.4, -0.2) is 11.1 Å². The molecule has 0 aliphatic carbocycles. The summed E-state index contributed by atoms with van der Waals surface area (Å²) in [6.07, 6.45) is 0. The first-order valence-corrected chi connectivity index (χ1v) is 5.46. The second kappa shape index (κ2) is 4.72. The Morgan fingerprint density at radius 1 is 1.17 bits per heavy atom. The Labute approximate surface area is 105 Å². The molecule has 0 aliphatic heterocycles. The highest BCUT2D eigenvalue weighted by atomic mass is 16.4. The van der Waals surface area contributed by atoms with Gasteiger partial charge in [-0.05, 0) is 47.9 Å². The normalized spacial score (nSPS) is 9.78. The number of rotatable bonds is 2. The molecule has 0 fully saturated rings. The van der Waals surface area contributed by atoms with Crippen LogP contribution < -0.4 is 0 Å². The summed E-state index contributed by atoms with van der Waals surface area (Å²) in [4.78, 5) is 10.8. The van der Waals surface area contributed by atoms with Crippen molar-refractivity contribution in [3.8, 4) is 17.2 Å². The van der Waals surface area contributed by atoms with Gasteiger partial charge >= 0.3 is 5.97 Å². The Morgan fingerprint density at radius 2 is 1.83 bits per heavy atom. The second-order valence-corrected chi connectivity index (χ2v) is 4.02. The van der Waals surface area contributed by atoms with Crippen LogP contribution in [0.3, 0.4) is 0 Å². The molecule has 0 heterocycles. The molecule has 2 aromatic rings. The zero-order valence-electron chi connectivity index (χ0n) is 9.84. The van der Waals surface area contributed by atoms with Crippen LogP contribution in [0.25, 0.3) is 11.1 Å². The summed E-state index contributed by atoms with van der Waals surface area (Å²) in [7, 11) is 0. The molecular weight excluding hydrogens is 226 g/mol. The lowest BCUT2D eigenvalue weighted by Gasteiger charge is -2.07. The number of aryl methyl sites for hydroxylation is 1. The van der Waals surface area contributed by atoms with Gasteiger partial charge < -0.3 is 5.11 Å². The molecule has 88 valence electrons. The lowest BCUT2D eigenvalue weighted by Crippen LogP contribution is -1.97. The van der Waals surface area contributed by atoms with Gasteiger partial charge in [0.15, 0.2) is 0 Å². The van der Waals surface area contributed by atoms with E-state index in [1.807, 2.05) is 19.1 Å². The van der Waals surface area contributed by atoms with Crippen molar-refractivity contribution in [3.63, 3.8) is 0 Å². The number of carbonyl (C=O) groups is 1. The summed E-state index contributed by atoms with van der Waals surface area (Å²) in [6, 6.07) is 14.3. The number of carboxylic acid groups (broad SMARTS) is 1. The maximum Gasteiger partial charge on any atom is 0.335 e. The molecular formula is C15H11NO2. The number of hydrogen-bond donors (Lipinski definition) is 1. The van der Waals surface area contributed by atoms with Crippen molar-refractivity contribution in [1.82, 2.24) is 0 Å². The quantitative estimate of drug-likeness (QED) is 0.872. The zero-order chi connectivity index (χ0) is 13.1. The van der Waals surface area contributed by atoms with Crippen molar-refractivity contribution < 1.29 is 9.90 Å². The summed E-state index contributed by atoms with van der Waals surface area (Å²) in [6.45, 7) is 1.87. The Hall–Kier alpha value is -2.60. The number of carboxylic acids is 1. The van der Waals surface area contributed by atoms with Crippen LogP contribution in [0.1, 0.15) is 21.5 Å². The Morgan fingerprint density at radius 3 is 2.33 bits per heavy atom. The Bertz CT molecular complexity index is 637. The second-order valence-electron chi connectivity index (χ2n) is 4.02. The van der Waals surface area contributed by atoms with E-state index in [0.717, 1.165) is 16.7 Å². The largest absolute Gasteiger partial charge is 0.478 e. The molecule has 0 saturated carbocycles. The van der Waals surface area contributed by atoms with Crippen molar-refractivity contribution in [3.05, 3.63) is 59.2 Å². The third-order valence-electron chi connectivity index (χ3n) is 2.80. The van der Waals surface area contributed by atoms with E-state index in [4.69, 9.17) is 10.4 Å². The summed E-state index contributed by atoms with van der Waals surface area (Å²) < 4.78 is 0. The first kappa shape index (κ1) is 11.9. The SMILES string of the molecule is Cc1cc(C(=O)O)ccc1-c1ccc(C#N)cc1. The van der Waals surface area contributed by atoms with E-state index in [-0.39, 0.29) is 5.56 Å². The van der Waals surface area contributed by atoms with E-state index in [1.54, 1.807) is 30.3 Å². The molecule has 3 heteroatoms. The smallest absolute Gasteiger partial charge is 0.335 e. The van der Waals surface area contributed by atoms with Crippen LogP contribution in [0.5, 0.6) is 0 Å². The van der Waals surface area contributed by atoms with Crippen molar-refractivity contribution in [2.75, 3.05) is 0 Å². The fourth-order valence-electron chi connectivity index (χ4n) is 1.84. The van der Waals surface area contributed by atoms with E-state index in [2.05, 4.69) is 6.07 Å². The predicted octanol–water partition coefficient (Wildman–Crippen LogP) is 3.23. The van der Waals surface area contributed by atoms with Gasteiger partial charge in [-0.25, -0.2) is 4.79 Å². The maximum atomic E-state index is 10.8. The van der Waals surface area contributed by atoms with Gasteiger partial charge in [-0.3, -0.25) is 0 Å². The van der Waals surface area contributed by atoms with Crippen LogP contribution in [0.15, 0.2) is 42.5 Å². The summed E-state index contributed by atoms with van der Waals surface area (Å²) in [5.41, 5.74) is 3.75. The third kappa shape index (κ3) is 2.23. The van der Waals surface area contributed by atoms with Gasteiger partial charge in [0.2, 0.25) is 0 Å². The highest BCUT2D eigenvalue weighted by Crippen LogP contribution is 2.24. The summed E-state index contributed by atoms with van der Waals surface area (Å²) >= 11 is 0. The molecule has 3 nitrogen and oxygen atoms in total. The first-order valence-electron chi connectivity index (χ1n) is 5.46. The van der Waals surface area contributed by atoms with Gasteiger partial charge in [-0.2, -0.15) is 5.26 Å². The van der Waals surface area contributed by atoms with Crippen LogP contribution in [0.2, 0.25) is 0 Å². The van der Waals surface area contributed by atoms with E-state index in [1.165, 1.54) is 0 Å². The van der Waals surface area contributed by atoms with E-state index in [0.29, 0.717) is 5.56 Å². The molecule has 0 spiro atoms. The molecule has 1 N–H and O–H groups in total. The Balaban J connectivity index is 2.45. The summed E-state index contributed by atoms with van der Waals surface area (Å²) in [5, 5.41) is 17.6. The number of nitrogens with zero attached hydrogens (tertiary/aromatic N) is 1. The fraction of sp³-hybridized carbons (Fsp3) is 0.0667. The zero-order valence-corrected chi connectivity index (χ0v) is 9.84. The summed E-state index contributed by atoms with van der Waals surface area (Å²) in [5.74, 6) is -0.926. The van der Waals surface area contributed by atoms with Crippen LogP contribution in [-0.2, 0) is 0 Å². The molecule has 0 saturated heterocycles. The maximum absolute atomic E-state index is 10.8. The monoisotopic (exact) mass is 237 g/mol. The number of aromatic carboxylic acids is 1. The van der Waals surface area contributed by atoms with Gasteiger partial charge in [0.25, 0.3) is 0 Å². The van der Waals surface area contributed by atoms with Gasteiger partial charge in [-0.1, -0.05) is 18.2 Å². The lowest BCUT2D eigenvalue weighted by atomic mass is 9.98. The van der Waals surface area contributed by atoms with E-state index >= 15 is 0 Å². The van der Waals surface area contributed by atoms with E-state index in [9.17, 15) is 4.79 Å². The topological polar surface area (TPSA) is 61.1 Å². The molecule has 0 atom stereocenters. The average molecular weight is 237 g/mol. The fourth-order valence-corrected chi connectivity index (χ4v) is 1.84. The van der Waals surface area contributed by atoms with Crippen molar-refractivity contribution in [2.24, 2.45) is 0 Å². The molecule has 18 heavy (non-hydrogen) atoms. The third-order valence-corrected chi connectivity index (χ3v) is 2.80. The molecule has 0 amide bonds. The van der Waals surface area contributed by atoms with Crippen LogP contribution in [0.4, 0.5) is 0 Å². The van der Waals surface area contributed by atoms with Crippen LogP contribution >= 0.6 is 0 Å². The van der Waals surface area contributed by atoms with Gasteiger partial charge in [-0.15, -0.1) is 0 Å². The number of hydrogen-bond acceptors (Lipinski definition) is 2. The minimum atomic E-state index is -0.926. The average Bonchev–Trinajstić information content (AvgIpc) is 2.38. The predicted molar refractivity (Wildman–Crippen MR) is 68.3 cm³/mol. The molecule has 0 aromatic heterocycles. The highest BCUT2D eigenvalue weighted by Gasteiger charge is 2.07. The van der Waals surface area contributed by atoms with Gasteiger partial charge in [0.1, 0.15) is 0 Å². The molecule has 2 aromatic carbocycles. The standard InChI is InChI=1S/C15H11NO2/c1-10-8-13(15(17)18)6-7-14(10)12-4-2-11(9-16)3-5-12/h2-8H,1H3,(H,17,18). The molecule has 2 rings (SSSR count). The minimum absolute atomic E-state index is 0.282. The van der Waals surface area contributed by atoms with Gasteiger partial charge in [0, 0.05) is 0 Å². The lowest BCUT2D eigenvalue weighted by molar-refractivity contribution is 0.0697. The minimum Gasteiger partial charge on any atom is -0.478 e. The van der Waals surface area contributed by atoms with Crippen molar-refractivity contribution >= 4 is 5.97 Å². The van der Waals surface area contributed by atoms with Crippen LogP contribution in [0, 0.1) is 18.3 Å². The van der Waals surface area contributed by atoms with Gasteiger partial charge in [0.05, 0.1) is 17.2 Å². The Kier molecular flexibility index (Phi) is 3.11. The molecule has 0 aliphatic rings. The first-order chi connectivity index (χ1) is 8.61.